The zero-order chi connectivity index (χ0) is 11.7. The number of hydrogen-bond acceptors (Lipinski definition) is 2. The van der Waals surface area contributed by atoms with Gasteiger partial charge in [-0.15, -0.1) is 0 Å². The predicted octanol–water partition coefficient (Wildman–Crippen LogP) is 2.86. The highest BCUT2D eigenvalue weighted by Gasteiger charge is 2.36. The van der Waals surface area contributed by atoms with Gasteiger partial charge >= 0.3 is 0 Å². The van der Waals surface area contributed by atoms with Crippen LogP contribution in [0.2, 0.25) is 0 Å². The molecule has 0 spiro atoms. The highest BCUT2D eigenvalue weighted by Crippen LogP contribution is 2.37. The van der Waals surface area contributed by atoms with E-state index in [1.165, 1.54) is 25.7 Å². The summed E-state index contributed by atoms with van der Waals surface area (Å²) in [5.74, 6) is 1.69. The first-order valence-corrected chi connectivity index (χ1v) is 6.92. The van der Waals surface area contributed by atoms with Crippen molar-refractivity contribution < 1.29 is 4.79 Å². The molecule has 1 aliphatic carbocycles. The third-order valence-electron chi connectivity index (χ3n) is 4.61. The Morgan fingerprint density at radius 2 is 2.06 bits per heavy atom. The number of Topliss-reactive ketones (excluding diaryl/α,β-unsaturated/α-hetero) is 1. The van der Waals surface area contributed by atoms with Crippen LogP contribution in [0, 0.1) is 11.8 Å². The number of carbonyl (C=O) groups is 1. The minimum Gasteiger partial charge on any atom is -0.299 e. The molecule has 3 atom stereocenters. The van der Waals surface area contributed by atoms with Crippen molar-refractivity contribution in [3.05, 3.63) is 0 Å². The van der Waals surface area contributed by atoms with Gasteiger partial charge in [0.25, 0.3) is 0 Å². The SMILES string of the molecule is CCC(CC1CC1)N1CCC(=O)C(C)C1C. The van der Waals surface area contributed by atoms with Gasteiger partial charge in [-0.2, -0.15) is 0 Å². The van der Waals surface area contributed by atoms with E-state index in [1.54, 1.807) is 0 Å². The first kappa shape index (κ1) is 12.1. The molecule has 1 saturated carbocycles. The molecule has 0 aromatic rings. The minimum absolute atomic E-state index is 0.238. The molecular formula is C14H25NO. The summed E-state index contributed by atoms with van der Waals surface area (Å²) in [5.41, 5.74) is 0. The highest BCUT2D eigenvalue weighted by molar-refractivity contribution is 5.82. The van der Waals surface area contributed by atoms with E-state index in [4.69, 9.17) is 0 Å². The highest BCUT2D eigenvalue weighted by atomic mass is 16.1. The Bertz CT molecular complexity index is 259. The van der Waals surface area contributed by atoms with Crippen LogP contribution in [0.4, 0.5) is 0 Å². The summed E-state index contributed by atoms with van der Waals surface area (Å²) in [6.45, 7) is 7.62. The zero-order valence-corrected chi connectivity index (χ0v) is 10.9. The van der Waals surface area contributed by atoms with E-state index in [0.717, 1.165) is 24.9 Å². The van der Waals surface area contributed by atoms with E-state index in [1.807, 2.05) is 0 Å². The second-order valence-electron chi connectivity index (χ2n) is 5.72. The molecule has 2 aliphatic rings. The van der Waals surface area contributed by atoms with Crippen LogP contribution in [0.5, 0.6) is 0 Å². The van der Waals surface area contributed by atoms with Gasteiger partial charge in [-0.25, -0.2) is 0 Å². The van der Waals surface area contributed by atoms with Crippen LogP contribution in [0.25, 0.3) is 0 Å². The van der Waals surface area contributed by atoms with Gasteiger partial charge in [0.15, 0.2) is 0 Å². The first-order chi connectivity index (χ1) is 7.63. The van der Waals surface area contributed by atoms with Crippen LogP contribution in [0.15, 0.2) is 0 Å². The Morgan fingerprint density at radius 3 is 2.62 bits per heavy atom. The lowest BCUT2D eigenvalue weighted by Crippen LogP contribution is -2.51. The maximum Gasteiger partial charge on any atom is 0.138 e. The van der Waals surface area contributed by atoms with E-state index in [-0.39, 0.29) is 5.92 Å². The molecule has 0 radical (unpaired) electrons. The second kappa shape index (κ2) is 4.87. The largest absolute Gasteiger partial charge is 0.299 e. The van der Waals surface area contributed by atoms with E-state index in [9.17, 15) is 4.79 Å². The van der Waals surface area contributed by atoms with Gasteiger partial charge in [-0.3, -0.25) is 9.69 Å². The Labute approximate surface area is 99.4 Å². The Hall–Kier alpha value is -0.370. The molecule has 2 rings (SSSR count). The van der Waals surface area contributed by atoms with Gasteiger partial charge < -0.3 is 0 Å². The average molecular weight is 223 g/mol. The molecule has 0 bridgehead atoms. The van der Waals surface area contributed by atoms with Crippen LogP contribution in [0.1, 0.15) is 52.9 Å². The molecular weight excluding hydrogens is 198 g/mol. The molecule has 2 fully saturated rings. The van der Waals surface area contributed by atoms with E-state index >= 15 is 0 Å². The fourth-order valence-corrected chi connectivity index (χ4v) is 3.02. The quantitative estimate of drug-likeness (QED) is 0.730. The summed E-state index contributed by atoms with van der Waals surface area (Å²) in [4.78, 5) is 14.3. The molecule has 2 heteroatoms. The van der Waals surface area contributed by atoms with Crippen molar-refractivity contribution in [3.63, 3.8) is 0 Å². The third-order valence-corrected chi connectivity index (χ3v) is 4.61. The van der Waals surface area contributed by atoms with E-state index in [2.05, 4.69) is 25.7 Å². The zero-order valence-electron chi connectivity index (χ0n) is 10.9. The van der Waals surface area contributed by atoms with Crippen LogP contribution >= 0.6 is 0 Å². The van der Waals surface area contributed by atoms with Gasteiger partial charge in [0.1, 0.15) is 5.78 Å². The van der Waals surface area contributed by atoms with E-state index < -0.39 is 0 Å². The van der Waals surface area contributed by atoms with Crippen molar-refractivity contribution in [1.82, 2.24) is 4.90 Å². The molecule has 0 aromatic heterocycles. The molecule has 2 nitrogen and oxygen atoms in total. The van der Waals surface area contributed by atoms with Crippen molar-refractivity contribution in [2.75, 3.05) is 6.54 Å². The number of nitrogens with zero attached hydrogens (tertiary/aromatic N) is 1. The van der Waals surface area contributed by atoms with Crippen molar-refractivity contribution >= 4 is 5.78 Å². The molecule has 0 N–H and O–H groups in total. The number of ketones is 1. The van der Waals surface area contributed by atoms with Crippen molar-refractivity contribution in [2.24, 2.45) is 11.8 Å². The van der Waals surface area contributed by atoms with Gasteiger partial charge in [-0.1, -0.05) is 26.7 Å². The van der Waals surface area contributed by atoms with Crippen LogP contribution in [-0.4, -0.2) is 29.3 Å². The van der Waals surface area contributed by atoms with E-state index in [0.29, 0.717) is 11.8 Å². The third kappa shape index (κ3) is 2.48. The van der Waals surface area contributed by atoms with Gasteiger partial charge in [0, 0.05) is 31.0 Å². The summed E-state index contributed by atoms with van der Waals surface area (Å²) in [6.07, 6.45) is 6.25. The van der Waals surface area contributed by atoms with Crippen LogP contribution < -0.4 is 0 Å². The summed E-state index contributed by atoms with van der Waals surface area (Å²) in [7, 11) is 0. The second-order valence-corrected chi connectivity index (χ2v) is 5.72. The summed E-state index contributed by atoms with van der Waals surface area (Å²) < 4.78 is 0. The van der Waals surface area contributed by atoms with Gasteiger partial charge in [0.2, 0.25) is 0 Å². The number of likely N-dealkylation sites (tertiary alicyclic amines) is 1. The molecule has 1 heterocycles. The van der Waals surface area contributed by atoms with Crippen LogP contribution in [-0.2, 0) is 4.79 Å². The Balaban J connectivity index is 1.97. The maximum absolute atomic E-state index is 11.7. The fourth-order valence-electron chi connectivity index (χ4n) is 3.02. The molecule has 92 valence electrons. The van der Waals surface area contributed by atoms with Gasteiger partial charge in [-0.05, 0) is 25.7 Å². The first-order valence-electron chi connectivity index (χ1n) is 6.92. The Morgan fingerprint density at radius 1 is 1.38 bits per heavy atom. The standard InChI is InChI=1S/C14H25NO/c1-4-13(9-12-5-6-12)15-8-7-14(16)10(2)11(15)3/h10-13H,4-9H2,1-3H3. The lowest BCUT2D eigenvalue weighted by atomic mass is 9.88. The summed E-state index contributed by atoms with van der Waals surface area (Å²) in [6, 6.07) is 1.17. The van der Waals surface area contributed by atoms with Crippen molar-refractivity contribution in [3.8, 4) is 0 Å². The number of piperidine rings is 1. The lowest BCUT2D eigenvalue weighted by Gasteiger charge is -2.42. The molecule has 1 saturated heterocycles. The maximum atomic E-state index is 11.7. The summed E-state index contributed by atoms with van der Waals surface area (Å²) in [5, 5.41) is 0. The predicted molar refractivity (Wildman–Crippen MR) is 66.4 cm³/mol. The Kier molecular flexibility index (Phi) is 3.68. The van der Waals surface area contributed by atoms with Crippen molar-refractivity contribution in [2.45, 2.75) is 65.0 Å². The number of carbonyl (C=O) groups excluding carboxylic acids is 1. The topological polar surface area (TPSA) is 20.3 Å². The molecule has 16 heavy (non-hydrogen) atoms. The number of hydrogen-bond donors (Lipinski definition) is 0. The monoisotopic (exact) mass is 223 g/mol. The minimum atomic E-state index is 0.238. The number of rotatable bonds is 4. The van der Waals surface area contributed by atoms with Gasteiger partial charge in [0.05, 0.1) is 0 Å². The lowest BCUT2D eigenvalue weighted by molar-refractivity contribution is -0.129. The summed E-state index contributed by atoms with van der Waals surface area (Å²) >= 11 is 0. The molecule has 1 aliphatic heterocycles. The average Bonchev–Trinajstić information content (AvgIpc) is 3.07. The normalized spacial score (nSPS) is 34.1. The molecule has 0 aromatic carbocycles. The fraction of sp³-hybridized carbons (Fsp3) is 0.929. The smallest absolute Gasteiger partial charge is 0.138 e. The van der Waals surface area contributed by atoms with Crippen molar-refractivity contribution in [1.29, 1.82) is 0 Å². The molecule has 3 unspecified atom stereocenters. The van der Waals surface area contributed by atoms with Crippen LogP contribution in [0.3, 0.4) is 0 Å². The molecule has 0 amide bonds.